The van der Waals surface area contributed by atoms with E-state index in [2.05, 4.69) is 6.08 Å². The van der Waals surface area contributed by atoms with E-state index in [-0.39, 0.29) is 5.91 Å². The highest BCUT2D eigenvalue weighted by Crippen LogP contribution is 2.25. The first-order valence-corrected chi connectivity index (χ1v) is 5.96. The van der Waals surface area contributed by atoms with Gasteiger partial charge in [-0.2, -0.15) is 0 Å². The van der Waals surface area contributed by atoms with Crippen molar-refractivity contribution >= 4 is 23.2 Å². The van der Waals surface area contributed by atoms with Gasteiger partial charge in [0.2, 0.25) is 0 Å². The highest BCUT2D eigenvalue weighted by molar-refractivity contribution is 6.36. The summed E-state index contributed by atoms with van der Waals surface area (Å²) in [6.45, 7) is 3.44. The lowest BCUT2D eigenvalue weighted by atomic mass is 10.1. The third kappa shape index (κ3) is 2.44. The van der Waals surface area contributed by atoms with Crippen molar-refractivity contribution in [2.45, 2.75) is 13.3 Å². The van der Waals surface area contributed by atoms with Gasteiger partial charge in [-0.15, -0.1) is 0 Å². The van der Waals surface area contributed by atoms with Crippen molar-refractivity contribution in [3.63, 3.8) is 0 Å². The standard InChI is InChI=1S/C13H15ClN2O/c1-9-4-3-7-16(8-9)13(17)10-5-2-6-11(15)12(10)14/h2,4-6H,3,7-8,15H2,1H3. The first-order valence-electron chi connectivity index (χ1n) is 5.58. The topological polar surface area (TPSA) is 46.3 Å². The van der Waals surface area contributed by atoms with Gasteiger partial charge in [-0.05, 0) is 25.5 Å². The number of amides is 1. The zero-order valence-electron chi connectivity index (χ0n) is 9.74. The van der Waals surface area contributed by atoms with E-state index in [1.54, 1.807) is 23.1 Å². The molecular weight excluding hydrogens is 236 g/mol. The molecule has 1 aromatic carbocycles. The van der Waals surface area contributed by atoms with Crippen LogP contribution in [0.4, 0.5) is 5.69 Å². The second kappa shape index (κ2) is 4.80. The Kier molecular flexibility index (Phi) is 3.38. The predicted octanol–water partition coefficient (Wildman–Crippen LogP) is 2.71. The SMILES string of the molecule is CC1=CCCN(C(=O)c2cccc(N)c2Cl)C1. The minimum absolute atomic E-state index is 0.0465. The maximum Gasteiger partial charge on any atom is 0.255 e. The summed E-state index contributed by atoms with van der Waals surface area (Å²) in [6, 6.07) is 5.16. The summed E-state index contributed by atoms with van der Waals surface area (Å²) in [7, 11) is 0. The van der Waals surface area contributed by atoms with Crippen molar-refractivity contribution in [3.8, 4) is 0 Å². The second-order valence-corrected chi connectivity index (χ2v) is 4.65. The highest BCUT2D eigenvalue weighted by atomic mass is 35.5. The number of hydrogen-bond donors (Lipinski definition) is 1. The maximum absolute atomic E-state index is 12.3. The van der Waals surface area contributed by atoms with Crippen molar-refractivity contribution in [1.29, 1.82) is 0 Å². The van der Waals surface area contributed by atoms with E-state index in [0.29, 0.717) is 22.8 Å². The average molecular weight is 251 g/mol. The fourth-order valence-electron chi connectivity index (χ4n) is 1.97. The van der Waals surface area contributed by atoms with Crippen LogP contribution in [0.5, 0.6) is 0 Å². The molecule has 0 saturated heterocycles. The summed E-state index contributed by atoms with van der Waals surface area (Å²) in [5, 5.41) is 0.352. The number of anilines is 1. The predicted molar refractivity (Wildman–Crippen MR) is 70.1 cm³/mol. The maximum atomic E-state index is 12.3. The van der Waals surface area contributed by atoms with Crippen LogP contribution in [-0.4, -0.2) is 23.9 Å². The highest BCUT2D eigenvalue weighted by Gasteiger charge is 2.20. The second-order valence-electron chi connectivity index (χ2n) is 4.27. The minimum Gasteiger partial charge on any atom is -0.398 e. The molecule has 1 amide bonds. The van der Waals surface area contributed by atoms with Gasteiger partial charge >= 0.3 is 0 Å². The molecule has 1 heterocycles. The van der Waals surface area contributed by atoms with Gasteiger partial charge in [-0.3, -0.25) is 4.79 Å². The Bertz CT molecular complexity index is 482. The number of nitrogen functional groups attached to an aromatic ring is 1. The van der Waals surface area contributed by atoms with E-state index in [1.165, 1.54) is 5.57 Å². The molecule has 2 rings (SSSR count). The molecule has 0 unspecified atom stereocenters. The van der Waals surface area contributed by atoms with Crippen molar-refractivity contribution in [2.75, 3.05) is 18.8 Å². The van der Waals surface area contributed by atoms with Gasteiger partial charge in [0.05, 0.1) is 16.3 Å². The van der Waals surface area contributed by atoms with Crippen molar-refractivity contribution in [3.05, 3.63) is 40.4 Å². The molecule has 0 spiro atoms. The van der Waals surface area contributed by atoms with Gasteiger partial charge in [-0.25, -0.2) is 0 Å². The van der Waals surface area contributed by atoms with Crippen LogP contribution in [0, 0.1) is 0 Å². The number of nitrogens with two attached hydrogens (primary N) is 1. The number of carbonyl (C=O) groups excluding carboxylic acids is 1. The smallest absolute Gasteiger partial charge is 0.255 e. The molecule has 0 aliphatic carbocycles. The lowest BCUT2D eigenvalue weighted by Gasteiger charge is -2.26. The van der Waals surface area contributed by atoms with E-state index in [4.69, 9.17) is 17.3 Å². The van der Waals surface area contributed by atoms with E-state index in [0.717, 1.165) is 13.0 Å². The molecule has 0 aromatic heterocycles. The Labute approximate surface area is 106 Å². The van der Waals surface area contributed by atoms with Crippen molar-refractivity contribution < 1.29 is 4.79 Å². The summed E-state index contributed by atoms with van der Waals surface area (Å²) in [5.41, 5.74) is 7.85. The Morgan fingerprint density at radius 2 is 2.24 bits per heavy atom. The molecule has 0 radical (unpaired) electrons. The zero-order valence-corrected chi connectivity index (χ0v) is 10.5. The summed E-state index contributed by atoms with van der Waals surface area (Å²) < 4.78 is 0. The third-order valence-electron chi connectivity index (χ3n) is 2.88. The molecule has 1 aliphatic rings. The molecule has 1 aliphatic heterocycles. The Balaban J connectivity index is 2.26. The number of benzene rings is 1. The van der Waals surface area contributed by atoms with Crippen LogP contribution in [0.2, 0.25) is 5.02 Å². The minimum atomic E-state index is -0.0465. The molecular formula is C13H15ClN2O. The van der Waals surface area contributed by atoms with Crippen LogP contribution >= 0.6 is 11.6 Å². The summed E-state index contributed by atoms with van der Waals surface area (Å²) >= 11 is 6.06. The molecule has 0 atom stereocenters. The summed E-state index contributed by atoms with van der Waals surface area (Å²) in [6.07, 6.45) is 3.06. The number of rotatable bonds is 1. The largest absolute Gasteiger partial charge is 0.398 e. The summed E-state index contributed by atoms with van der Waals surface area (Å²) in [4.78, 5) is 14.1. The van der Waals surface area contributed by atoms with E-state index in [9.17, 15) is 4.79 Å². The van der Waals surface area contributed by atoms with Crippen molar-refractivity contribution in [1.82, 2.24) is 4.90 Å². The quantitative estimate of drug-likeness (QED) is 0.615. The van der Waals surface area contributed by atoms with Crippen molar-refractivity contribution in [2.24, 2.45) is 0 Å². The van der Waals surface area contributed by atoms with Crippen LogP contribution in [0.15, 0.2) is 29.8 Å². The molecule has 17 heavy (non-hydrogen) atoms. The molecule has 2 N–H and O–H groups in total. The van der Waals surface area contributed by atoms with Gasteiger partial charge in [0.15, 0.2) is 0 Å². The Morgan fingerprint density at radius 3 is 2.94 bits per heavy atom. The number of carbonyl (C=O) groups is 1. The molecule has 3 nitrogen and oxygen atoms in total. The van der Waals surface area contributed by atoms with Gasteiger partial charge in [0.1, 0.15) is 0 Å². The van der Waals surface area contributed by atoms with E-state index >= 15 is 0 Å². The van der Waals surface area contributed by atoms with E-state index < -0.39 is 0 Å². The van der Waals surface area contributed by atoms with Gasteiger partial charge in [0.25, 0.3) is 5.91 Å². The zero-order chi connectivity index (χ0) is 12.4. The monoisotopic (exact) mass is 250 g/mol. The first-order chi connectivity index (χ1) is 8.09. The van der Waals surface area contributed by atoms with Crippen LogP contribution < -0.4 is 5.73 Å². The fourth-order valence-corrected chi connectivity index (χ4v) is 2.18. The Hall–Kier alpha value is -1.48. The van der Waals surface area contributed by atoms with Crippen LogP contribution in [0.25, 0.3) is 0 Å². The first kappa shape index (κ1) is 12.0. The lowest BCUT2D eigenvalue weighted by molar-refractivity contribution is 0.0766. The van der Waals surface area contributed by atoms with Crippen LogP contribution in [-0.2, 0) is 0 Å². The molecule has 0 bridgehead atoms. The van der Waals surface area contributed by atoms with E-state index in [1.807, 2.05) is 6.92 Å². The normalized spacial score (nSPS) is 15.6. The average Bonchev–Trinajstić information content (AvgIpc) is 2.32. The number of halogens is 1. The van der Waals surface area contributed by atoms with Crippen LogP contribution in [0.1, 0.15) is 23.7 Å². The molecule has 1 aromatic rings. The lowest BCUT2D eigenvalue weighted by Crippen LogP contribution is -2.35. The fraction of sp³-hybridized carbons (Fsp3) is 0.308. The van der Waals surface area contributed by atoms with Gasteiger partial charge < -0.3 is 10.6 Å². The Morgan fingerprint density at radius 1 is 1.47 bits per heavy atom. The third-order valence-corrected chi connectivity index (χ3v) is 3.30. The molecule has 90 valence electrons. The van der Waals surface area contributed by atoms with Crippen LogP contribution in [0.3, 0.4) is 0 Å². The molecule has 0 fully saturated rings. The van der Waals surface area contributed by atoms with Gasteiger partial charge in [0, 0.05) is 13.1 Å². The van der Waals surface area contributed by atoms with Gasteiger partial charge in [-0.1, -0.05) is 29.3 Å². The number of hydrogen-bond acceptors (Lipinski definition) is 2. The molecule has 0 saturated carbocycles. The number of nitrogens with zero attached hydrogens (tertiary/aromatic N) is 1. The molecule has 4 heteroatoms. The summed E-state index contributed by atoms with van der Waals surface area (Å²) in [5.74, 6) is -0.0465.